The summed E-state index contributed by atoms with van der Waals surface area (Å²) in [5.41, 5.74) is 0. The van der Waals surface area contributed by atoms with E-state index in [1.54, 1.807) is 12.0 Å². The van der Waals surface area contributed by atoms with Crippen molar-refractivity contribution >= 4 is 5.91 Å². The summed E-state index contributed by atoms with van der Waals surface area (Å²) in [4.78, 5) is 12.7. The van der Waals surface area contributed by atoms with Crippen LogP contribution in [0.15, 0.2) is 0 Å². The summed E-state index contributed by atoms with van der Waals surface area (Å²) >= 11 is 0. The number of amides is 1. The van der Waals surface area contributed by atoms with Crippen LogP contribution in [0.1, 0.15) is 12.8 Å². The van der Waals surface area contributed by atoms with E-state index in [4.69, 9.17) is 9.47 Å². The van der Waals surface area contributed by atoms with Gasteiger partial charge in [-0.2, -0.15) is 0 Å². The van der Waals surface area contributed by atoms with Crippen LogP contribution in [-0.4, -0.2) is 56.9 Å². The average Bonchev–Trinajstić information content (AvgIpc) is 2.72. The highest BCUT2D eigenvalue weighted by Gasteiger charge is 2.26. The topological polar surface area (TPSA) is 58.7 Å². The first-order valence-corrected chi connectivity index (χ1v) is 5.24. The summed E-state index contributed by atoms with van der Waals surface area (Å²) in [6.45, 7) is 1.90. The third-order valence-electron chi connectivity index (χ3n) is 2.47. The van der Waals surface area contributed by atoms with Gasteiger partial charge in [-0.1, -0.05) is 0 Å². The van der Waals surface area contributed by atoms with Gasteiger partial charge >= 0.3 is 0 Å². The van der Waals surface area contributed by atoms with E-state index in [9.17, 15) is 9.90 Å². The maximum atomic E-state index is 11.1. The Morgan fingerprint density at radius 2 is 2.27 bits per heavy atom. The van der Waals surface area contributed by atoms with E-state index in [-0.39, 0.29) is 12.0 Å². The number of hydrogen-bond acceptors (Lipinski definition) is 3. The fourth-order valence-corrected chi connectivity index (χ4v) is 1.64. The normalized spacial score (nSPS) is 20.9. The summed E-state index contributed by atoms with van der Waals surface area (Å²) in [6, 6.07) is 0. The van der Waals surface area contributed by atoms with E-state index >= 15 is 0 Å². The second-order valence-electron chi connectivity index (χ2n) is 3.61. The van der Waals surface area contributed by atoms with Gasteiger partial charge in [0.1, 0.15) is 0 Å². The predicted molar refractivity (Wildman–Crippen MR) is 53.0 cm³/mol. The SMILES string of the molecule is COCCCOC1CCN(C(=O)C[O])C1. The molecule has 1 aliphatic heterocycles. The third-order valence-corrected chi connectivity index (χ3v) is 2.47. The average molecular weight is 216 g/mol. The van der Waals surface area contributed by atoms with Crippen LogP contribution in [0.4, 0.5) is 0 Å². The Kier molecular flexibility index (Phi) is 5.60. The van der Waals surface area contributed by atoms with Gasteiger partial charge in [-0.15, -0.1) is 0 Å². The molecule has 1 atom stereocenters. The zero-order valence-electron chi connectivity index (χ0n) is 9.11. The van der Waals surface area contributed by atoms with Crippen LogP contribution < -0.4 is 0 Å². The van der Waals surface area contributed by atoms with E-state index in [2.05, 4.69) is 0 Å². The molecule has 1 rings (SSSR count). The molecule has 1 amide bonds. The molecule has 1 unspecified atom stereocenters. The molecule has 0 aromatic carbocycles. The minimum Gasteiger partial charge on any atom is -0.385 e. The Morgan fingerprint density at radius 1 is 1.47 bits per heavy atom. The van der Waals surface area contributed by atoms with E-state index in [1.165, 1.54) is 0 Å². The van der Waals surface area contributed by atoms with Gasteiger partial charge in [-0.05, 0) is 12.8 Å². The number of nitrogens with zero attached hydrogens (tertiary/aromatic N) is 1. The lowest BCUT2D eigenvalue weighted by atomic mass is 10.3. The smallest absolute Gasteiger partial charge is 0.252 e. The molecule has 0 spiro atoms. The van der Waals surface area contributed by atoms with Crippen molar-refractivity contribution in [1.82, 2.24) is 4.90 Å². The Balaban J connectivity index is 2.11. The molecule has 0 aromatic heterocycles. The number of rotatable bonds is 6. The van der Waals surface area contributed by atoms with Crippen LogP contribution in [0.25, 0.3) is 0 Å². The second-order valence-corrected chi connectivity index (χ2v) is 3.61. The van der Waals surface area contributed by atoms with Crippen molar-refractivity contribution in [3.63, 3.8) is 0 Å². The van der Waals surface area contributed by atoms with Gasteiger partial charge in [-0.25, -0.2) is 5.11 Å². The monoisotopic (exact) mass is 216 g/mol. The number of ether oxygens (including phenoxy) is 2. The molecule has 0 N–H and O–H groups in total. The zero-order valence-corrected chi connectivity index (χ0v) is 9.11. The van der Waals surface area contributed by atoms with Gasteiger partial charge in [0.05, 0.1) is 6.10 Å². The van der Waals surface area contributed by atoms with Crippen LogP contribution in [0.2, 0.25) is 0 Å². The van der Waals surface area contributed by atoms with Crippen molar-refractivity contribution in [2.75, 3.05) is 40.0 Å². The van der Waals surface area contributed by atoms with Crippen LogP contribution in [0.5, 0.6) is 0 Å². The summed E-state index contributed by atoms with van der Waals surface area (Å²) in [5, 5.41) is 10.4. The Bertz CT molecular complexity index is 198. The molecule has 5 heteroatoms. The maximum absolute atomic E-state index is 11.1. The molecule has 5 nitrogen and oxygen atoms in total. The number of carbonyl (C=O) groups is 1. The molecule has 1 heterocycles. The number of methoxy groups -OCH3 is 1. The van der Waals surface area contributed by atoms with E-state index in [0.717, 1.165) is 12.8 Å². The van der Waals surface area contributed by atoms with Gasteiger partial charge in [0.25, 0.3) is 5.91 Å². The third kappa shape index (κ3) is 4.15. The molecule has 0 saturated carbocycles. The van der Waals surface area contributed by atoms with Crippen LogP contribution in [-0.2, 0) is 19.4 Å². The molecule has 1 fully saturated rings. The standard InChI is InChI=1S/C10H18NO4/c1-14-5-2-6-15-9-3-4-11(7-9)10(13)8-12/h9H,2-8H2,1H3. The van der Waals surface area contributed by atoms with Crippen LogP contribution >= 0.6 is 0 Å². The van der Waals surface area contributed by atoms with Crippen LogP contribution in [0, 0.1) is 0 Å². The molecule has 0 aliphatic carbocycles. The van der Waals surface area contributed by atoms with Gasteiger partial charge in [0.2, 0.25) is 0 Å². The van der Waals surface area contributed by atoms with Crippen molar-refractivity contribution in [3.05, 3.63) is 0 Å². The van der Waals surface area contributed by atoms with Crippen molar-refractivity contribution < 1.29 is 19.4 Å². The first-order valence-electron chi connectivity index (χ1n) is 5.24. The molecule has 15 heavy (non-hydrogen) atoms. The molecule has 1 aliphatic rings. The Morgan fingerprint density at radius 3 is 2.93 bits per heavy atom. The van der Waals surface area contributed by atoms with Gasteiger partial charge in [-0.3, -0.25) is 4.79 Å². The molecule has 1 saturated heterocycles. The van der Waals surface area contributed by atoms with Crippen molar-refractivity contribution in [2.24, 2.45) is 0 Å². The predicted octanol–water partition coefficient (Wildman–Crippen LogP) is 0.0709. The first-order chi connectivity index (χ1) is 7.27. The molecular formula is C10H18NO4. The summed E-state index contributed by atoms with van der Waals surface area (Å²) in [7, 11) is 1.66. The fraction of sp³-hybridized carbons (Fsp3) is 0.900. The number of likely N-dealkylation sites (tertiary alicyclic amines) is 1. The van der Waals surface area contributed by atoms with Crippen molar-refractivity contribution in [3.8, 4) is 0 Å². The van der Waals surface area contributed by atoms with E-state index in [0.29, 0.717) is 26.3 Å². The molecule has 1 radical (unpaired) electrons. The lowest BCUT2D eigenvalue weighted by molar-refractivity contribution is -0.135. The fourth-order valence-electron chi connectivity index (χ4n) is 1.64. The van der Waals surface area contributed by atoms with Crippen LogP contribution in [0.3, 0.4) is 0 Å². The number of hydrogen-bond donors (Lipinski definition) is 0. The molecule has 0 aromatic rings. The molecule has 87 valence electrons. The quantitative estimate of drug-likeness (QED) is 0.590. The van der Waals surface area contributed by atoms with Gasteiger partial charge in [0, 0.05) is 33.4 Å². The highest BCUT2D eigenvalue weighted by atomic mass is 16.5. The van der Waals surface area contributed by atoms with E-state index in [1.807, 2.05) is 0 Å². The van der Waals surface area contributed by atoms with Gasteiger partial charge in [0.15, 0.2) is 6.61 Å². The highest BCUT2D eigenvalue weighted by Crippen LogP contribution is 2.12. The minimum atomic E-state index is -0.656. The van der Waals surface area contributed by atoms with Crippen molar-refractivity contribution in [1.29, 1.82) is 0 Å². The van der Waals surface area contributed by atoms with Gasteiger partial charge < -0.3 is 14.4 Å². The minimum absolute atomic E-state index is 0.0948. The first kappa shape index (κ1) is 12.4. The number of carbonyl (C=O) groups excluding carboxylic acids is 1. The summed E-state index contributed by atoms with van der Waals surface area (Å²) in [5.74, 6) is -0.321. The Hall–Kier alpha value is -0.650. The van der Waals surface area contributed by atoms with E-state index < -0.39 is 6.61 Å². The van der Waals surface area contributed by atoms with Crippen molar-refractivity contribution in [2.45, 2.75) is 18.9 Å². The zero-order chi connectivity index (χ0) is 11.1. The second kappa shape index (κ2) is 6.76. The Labute approximate surface area is 90.0 Å². The molecular weight excluding hydrogens is 198 g/mol. The lowest BCUT2D eigenvalue weighted by Gasteiger charge is -2.14. The lowest BCUT2D eigenvalue weighted by Crippen LogP contribution is -2.32. The highest BCUT2D eigenvalue weighted by molar-refractivity contribution is 5.77. The largest absolute Gasteiger partial charge is 0.385 e. The molecule has 0 bridgehead atoms. The summed E-state index contributed by atoms with van der Waals surface area (Å²) in [6.07, 6.45) is 1.79. The summed E-state index contributed by atoms with van der Waals surface area (Å²) < 4.78 is 10.5. The maximum Gasteiger partial charge on any atom is 0.252 e.